The Morgan fingerprint density at radius 1 is 0.963 bits per heavy atom. The minimum absolute atomic E-state index is 0.221. The molecule has 0 bridgehead atoms. The van der Waals surface area contributed by atoms with E-state index in [-0.39, 0.29) is 10.8 Å². The number of hydrogen-bond acceptors (Lipinski definition) is 4. The van der Waals surface area contributed by atoms with E-state index in [0.29, 0.717) is 24.3 Å². The lowest BCUT2D eigenvalue weighted by Crippen LogP contribution is -2.48. The van der Waals surface area contributed by atoms with Gasteiger partial charge in [-0.3, -0.25) is 4.79 Å². The molecule has 1 saturated heterocycles. The van der Waals surface area contributed by atoms with Gasteiger partial charge in [0.15, 0.2) is 0 Å². The van der Waals surface area contributed by atoms with E-state index in [1.54, 1.807) is 36.4 Å². The second-order valence-electron chi connectivity index (χ2n) is 6.68. The van der Waals surface area contributed by atoms with Crippen LogP contribution in [0.1, 0.15) is 22.8 Å². The smallest absolute Gasteiger partial charge is 0.255 e. The highest BCUT2D eigenvalue weighted by molar-refractivity contribution is 7.89. The highest BCUT2D eigenvalue weighted by Gasteiger charge is 2.27. The molecule has 0 saturated carbocycles. The predicted molar refractivity (Wildman–Crippen MR) is 106 cm³/mol. The summed E-state index contributed by atoms with van der Waals surface area (Å²) in [6.45, 7) is 7.48. The third kappa shape index (κ3) is 4.55. The van der Waals surface area contributed by atoms with Crippen molar-refractivity contribution in [2.75, 3.05) is 38.0 Å². The lowest BCUT2D eigenvalue weighted by Gasteiger charge is -2.33. The largest absolute Gasteiger partial charge is 0.322 e. The van der Waals surface area contributed by atoms with Gasteiger partial charge in [-0.25, -0.2) is 8.42 Å². The maximum atomic E-state index is 12.8. The molecule has 0 unspecified atom stereocenters. The Morgan fingerprint density at radius 2 is 1.56 bits per heavy atom. The molecule has 3 rings (SSSR count). The first-order chi connectivity index (χ1) is 12.9. The maximum Gasteiger partial charge on any atom is 0.255 e. The van der Waals surface area contributed by atoms with Crippen LogP contribution in [0.25, 0.3) is 0 Å². The van der Waals surface area contributed by atoms with Crippen molar-refractivity contribution in [1.29, 1.82) is 0 Å². The summed E-state index contributed by atoms with van der Waals surface area (Å²) in [5.74, 6) is -0.221. The number of amides is 1. The highest BCUT2D eigenvalue weighted by Crippen LogP contribution is 2.20. The zero-order chi connectivity index (χ0) is 19.4. The minimum atomic E-state index is -3.50. The van der Waals surface area contributed by atoms with Crippen molar-refractivity contribution in [3.8, 4) is 0 Å². The quantitative estimate of drug-likeness (QED) is 0.856. The Kier molecular flexibility index (Phi) is 5.94. The van der Waals surface area contributed by atoms with E-state index in [9.17, 15) is 13.2 Å². The van der Waals surface area contributed by atoms with E-state index in [0.717, 1.165) is 25.2 Å². The van der Waals surface area contributed by atoms with Gasteiger partial charge in [-0.1, -0.05) is 24.6 Å². The number of nitrogens with zero attached hydrogens (tertiary/aromatic N) is 2. The van der Waals surface area contributed by atoms with Gasteiger partial charge in [0, 0.05) is 37.4 Å². The van der Waals surface area contributed by atoms with Crippen molar-refractivity contribution in [2.24, 2.45) is 0 Å². The first-order valence-corrected chi connectivity index (χ1v) is 10.5. The molecule has 0 radical (unpaired) electrons. The minimum Gasteiger partial charge on any atom is -0.322 e. The van der Waals surface area contributed by atoms with Crippen molar-refractivity contribution in [2.45, 2.75) is 18.7 Å². The van der Waals surface area contributed by atoms with Gasteiger partial charge in [0.05, 0.1) is 4.90 Å². The first-order valence-electron chi connectivity index (χ1n) is 9.11. The van der Waals surface area contributed by atoms with Crippen molar-refractivity contribution >= 4 is 21.6 Å². The molecule has 27 heavy (non-hydrogen) atoms. The molecule has 7 heteroatoms. The molecular formula is C20H25N3O3S. The molecular weight excluding hydrogens is 362 g/mol. The summed E-state index contributed by atoms with van der Waals surface area (Å²) in [4.78, 5) is 14.8. The lowest BCUT2D eigenvalue weighted by molar-refractivity contribution is 0.102. The van der Waals surface area contributed by atoms with Crippen LogP contribution in [0.2, 0.25) is 0 Å². The summed E-state index contributed by atoms with van der Waals surface area (Å²) in [5, 5.41) is 2.80. The predicted octanol–water partition coefficient (Wildman–Crippen LogP) is 2.57. The van der Waals surface area contributed by atoms with Crippen LogP contribution in [0.4, 0.5) is 5.69 Å². The molecule has 1 amide bonds. The molecule has 2 aromatic carbocycles. The van der Waals surface area contributed by atoms with Crippen LogP contribution < -0.4 is 5.32 Å². The highest BCUT2D eigenvalue weighted by atomic mass is 32.2. The molecule has 2 aromatic rings. The molecule has 144 valence electrons. The second-order valence-corrected chi connectivity index (χ2v) is 8.62. The van der Waals surface area contributed by atoms with Crippen LogP contribution in [0.5, 0.6) is 0 Å². The first kappa shape index (κ1) is 19.5. The third-order valence-electron chi connectivity index (χ3n) is 4.84. The van der Waals surface area contributed by atoms with Crippen LogP contribution in [-0.4, -0.2) is 56.3 Å². The Hall–Kier alpha value is -2.22. The van der Waals surface area contributed by atoms with Crippen LogP contribution in [0.3, 0.4) is 0 Å². The molecule has 0 aliphatic carbocycles. The SMILES string of the molecule is CCN1CCN(S(=O)(=O)c2ccc(NC(=O)c3ccc(C)cc3)cc2)CC1. The molecule has 1 aliphatic rings. The van der Waals surface area contributed by atoms with Crippen molar-refractivity contribution in [1.82, 2.24) is 9.21 Å². The number of hydrogen-bond donors (Lipinski definition) is 1. The van der Waals surface area contributed by atoms with E-state index in [1.807, 2.05) is 19.1 Å². The summed E-state index contributed by atoms with van der Waals surface area (Å²) in [6, 6.07) is 13.6. The number of piperazine rings is 1. The Bertz CT molecular complexity index is 885. The maximum absolute atomic E-state index is 12.8. The average molecular weight is 388 g/mol. The number of rotatable bonds is 5. The molecule has 1 aliphatic heterocycles. The average Bonchev–Trinajstić information content (AvgIpc) is 2.69. The van der Waals surface area contributed by atoms with E-state index in [4.69, 9.17) is 0 Å². The zero-order valence-corrected chi connectivity index (χ0v) is 16.5. The molecule has 0 aromatic heterocycles. The summed E-state index contributed by atoms with van der Waals surface area (Å²) in [5.41, 5.74) is 2.21. The van der Waals surface area contributed by atoms with Gasteiger partial charge in [0.1, 0.15) is 0 Å². The van der Waals surface area contributed by atoms with E-state index in [1.165, 1.54) is 4.31 Å². The number of sulfonamides is 1. The Labute approximate surface area is 160 Å². The van der Waals surface area contributed by atoms with Gasteiger partial charge in [0.2, 0.25) is 10.0 Å². The molecule has 1 N–H and O–H groups in total. The fraction of sp³-hybridized carbons (Fsp3) is 0.350. The van der Waals surface area contributed by atoms with E-state index >= 15 is 0 Å². The standard InChI is InChI=1S/C20H25N3O3S/c1-3-22-12-14-23(15-13-22)27(25,26)19-10-8-18(9-11-19)21-20(24)17-6-4-16(2)5-7-17/h4-11H,3,12-15H2,1-2H3,(H,21,24). The summed E-state index contributed by atoms with van der Waals surface area (Å²) < 4.78 is 27.1. The Morgan fingerprint density at radius 3 is 2.11 bits per heavy atom. The number of aryl methyl sites for hydroxylation is 1. The lowest BCUT2D eigenvalue weighted by atomic mass is 10.1. The summed E-state index contributed by atoms with van der Waals surface area (Å²) >= 11 is 0. The number of benzene rings is 2. The fourth-order valence-electron chi connectivity index (χ4n) is 3.05. The van der Waals surface area contributed by atoms with Gasteiger partial charge < -0.3 is 10.2 Å². The van der Waals surface area contributed by atoms with Gasteiger partial charge in [-0.2, -0.15) is 4.31 Å². The van der Waals surface area contributed by atoms with Crippen molar-refractivity contribution in [3.63, 3.8) is 0 Å². The third-order valence-corrected chi connectivity index (χ3v) is 6.76. The molecule has 0 atom stereocenters. The molecule has 1 heterocycles. The monoisotopic (exact) mass is 387 g/mol. The number of anilines is 1. The van der Waals surface area contributed by atoms with Gasteiger partial charge in [0.25, 0.3) is 5.91 Å². The van der Waals surface area contributed by atoms with E-state index in [2.05, 4.69) is 17.1 Å². The number of carbonyl (C=O) groups excluding carboxylic acids is 1. The fourth-order valence-corrected chi connectivity index (χ4v) is 4.48. The van der Waals surface area contributed by atoms with Crippen molar-refractivity contribution in [3.05, 3.63) is 59.7 Å². The topological polar surface area (TPSA) is 69.7 Å². The van der Waals surface area contributed by atoms with Crippen LogP contribution in [0.15, 0.2) is 53.4 Å². The Balaban J connectivity index is 1.67. The van der Waals surface area contributed by atoms with Crippen molar-refractivity contribution < 1.29 is 13.2 Å². The second kappa shape index (κ2) is 8.21. The van der Waals surface area contributed by atoms with Crippen LogP contribution in [0, 0.1) is 6.92 Å². The van der Waals surface area contributed by atoms with Gasteiger partial charge in [-0.05, 0) is 49.9 Å². The summed E-state index contributed by atoms with van der Waals surface area (Å²) in [7, 11) is -3.50. The zero-order valence-electron chi connectivity index (χ0n) is 15.7. The molecule has 0 spiro atoms. The number of nitrogens with one attached hydrogen (secondary N) is 1. The number of carbonyl (C=O) groups is 1. The van der Waals surface area contributed by atoms with Crippen LogP contribution in [-0.2, 0) is 10.0 Å². The summed E-state index contributed by atoms with van der Waals surface area (Å²) in [6.07, 6.45) is 0. The molecule has 6 nitrogen and oxygen atoms in total. The van der Waals surface area contributed by atoms with Gasteiger partial charge >= 0.3 is 0 Å². The van der Waals surface area contributed by atoms with E-state index < -0.39 is 10.0 Å². The van der Waals surface area contributed by atoms with Crippen LogP contribution >= 0.6 is 0 Å². The molecule has 1 fully saturated rings. The van der Waals surface area contributed by atoms with Gasteiger partial charge in [-0.15, -0.1) is 0 Å². The normalized spacial score (nSPS) is 16.2. The number of likely N-dealkylation sites (N-methyl/N-ethyl adjacent to an activating group) is 1.